The average Bonchev–Trinajstić information content (AvgIpc) is 2.52. The van der Waals surface area contributed by atoms with Gasteiger partial charge in [-0.2, -0.15) is 0 Å². The first-order valence-electron chi connectivity index (χ1n) is 9.66. The van der Waals surface area contributed by atoms with Crippen molar-refractivity contribution in [3.05, 3.63) is 0 Å². The number of aliphatic imine (C=N–C) groups is 1. The van der Waals surface area contributed by atoms with Gasteiger partial charge in [0, 0.05) is 0 Å². The number of rotatable bonds is 18. The largest absolute Gasteiger partial charge is 0.341 e. The lowest BCUT2D eigenvalue weighted by atomic mass is 10.0. The molecule has 0 N–H and O–H groups in total. The zero-order valence-corrected chi connectivity index (χ0v) is 18.3. The van der Waals surface area contributed by atoms with Crippen LogP contribution in [0.4, 0.5) is 0 Å². The van der Waals surface area contributed by atoms with Crippen LogP contribution < -0.4 is 0 Å². The summed E-state index contributed by atoms with van der Waals surface area (Å²) in [4.78, 5) is 13.5. The summed E-state index contributed by atoms with van der Waals surface area (Å²) in [5, 5.41) is 0. The van der Waals surface area contributed by atoms with Crippen molar-refractivity contribution in [2.24, 2.45) is 4.99 Å². The van der Waals surface area contributed by atoms with Gasteiger partial charge in [-0.15, -0.1) is 33.2 Å². The van der Waals surface area contributed by atoms with E-state index >= 15 is 0 Å². The van der Waals surface area contributed by atoms with Crippen LogP contribution in [0.3, 0.4) is 0 Å². The molecule has 0 aromatic rings. The monoisotopic (exact) mass is 413 g/mol. The van der Waals surface area contributed by atoms with Crippen molar-refractivity contribution in [1.82, 2.24) is 0 Å². The highest BCUT2D eigenvalue weighted by molar-refractivity contribution is 7.64. The van der Waals surface area contributed by atoms with Gasteiger partial charge in [0.1, 0.15) is 0 Å². The lowest BCUT2D eigenvalue weighted by molar-refractivity contribution is 0.532. The number of nitrogens with zero attached hydrogens (tertiary/aromatic N) is 1. The highest BCUT2D eigenvalue weighted by atomic mass is 35.8. The molecule has 0 spiro atoms. The van der Waals surface area contributed by atoms with Gasteiger partial charge in [-0.3, -0.25) is 0 Å². The Morgan fingerprint density at radius 3 is 1.25 bits per heavy atom. The molecule has 0 rings (SSSR count). The quantitative estimate of drug-likeness (QED) is 0.0738. The van der Waals surface area contributed by atoms with Crippen molar-refractivity contribution < 1.29 is 4.79 Å². The van der Waals surface area contributed by atoms with Gasteiger partial charge in [0.25, 0.3) is 0 Å². The highest BCUT2D eigenvalue weighted by Gasteiger charge is 2.23. The maximum atomic E-state index is 9.89. The Bertz CT molecular complexity index is 318. The fraction of sp³-hybridized carbons (Fsp3) is 0.944. The molecule has 0 aliphatic rings. The van der Waals surface area contributed by atoms with Crippen LogP contribution in [0.15, 0.2) is 4.99 Å². The van der Waals surface area contributed by atoms with Gasteiger partial charge in [-0.25, -0.2) is 9.79 Å². The van der Waals surface area contributed by atoms with Crippen LogP contribution in [0.1, 0.15) is 96.3 Å². The third-order valence-corrected chi connectivity index (χ3v) is 6.92. The molecule has 0 aromatic carbocycles. The molecule has 0 aromatic heterocycles. The van der Waals surface area contributed by atoms with Crippen molar-refractivity contribution in [3.8, 4) is 0 Å². The van der Waals surface area contributed by atoms with Crippen LogP contribution in [-0.2, 0) is 4.79 Å². The number of unbranched alkanes of at least 4 members (excludes halogenated alkanes) is 14. The molecule has 6 heteroatoms. The normalized spacial score (nSPS) is 11.5. The van der Waals surface area contributed by atoms with Gasteiger partial charge in [0.15, 0.2) is 0 Å². The fourth-order valence-corrected chi connectivity index (χ4v) is 4.71. The summed E-state index contributed by atoms with van der Waals surface area (Å²) in [5.74, 6) is 0. The van der Waals surface area contributed by atoms with Gasteiger partial charge in [0.2, 0.25) is 6.08 Å². The molecule has 0 radical (unpaired) electrons. The molecule has 0 fully saturated rings. The maximum absolute atomic E-state index is 9.89. The van der Waals surface area contributed by atoms with Crippen molar-refractivity contribution in [1.29, 1.82) is 0 Å². The molecular weight excluding hydrogens is 381 g/mol. The smallest absolute Gasteiger partial charge is 0.211 e. The molecule has 0 aliphatic carbocycles. The van der Waals surface area contributed by atoms with Gasteiger partial charge in [-0.1, -0.05) is 89.9 Å². The minimum absolute atomic E-state index is 0.651. The second kappa shape index (κ2) is 18.3. The number of hydrogen-bond donors (Lipinski definition) is 0. The van der Waals surface area contributed by atoms with E-state index in [1.165, 1.54) is 83.5 Å². The first kappa shape index (κ1) is 24.5. The topological polar surface area (TPSA) is 29.4 Å². The zero-order chi connectivity index (χ0) is 17.9. The molecule has 0 aliphatic heterocycles. The number of halogens is 3. The van der Waals surface area contributed by atoms with Crippen molar-refractivity contribution in [2.45, 2.75) is 102 Å². The molecule has 24 heavy (non-hydrogen) atoms. The van der Waals surface area contributed by atoms with Crippen LogP contribution in [0.5, 0.6) is 0 Å². The molecule has 0 amide bonds. The zero-order valence-electron chi connectivity index (χ0n) is 15.0. The Kier molecular flexibility index (Phi) is 18.6. The predicted octanol–water partition coefficient (Wildman–Crippen LogP) is 7.83. The second-order valence-corrected chi connectivity index (χ2v) is 15.9. The van der Waals surface area contributed by atoms with Crippen LogP contribution in [0, 0.1) is 0 Å². The Labute approximate surface area is 163 Å². The van der Waals surface area contributed by atoms with Crippen molar-refractivity contribution >= 4 is 45.3 Å². The minimum Gasteiger partial charge on any atom is -0.211 e. The van der Waals surface area contributed by atoms with Crippen LogP contribution in [0.25, 0.3) is 0 Å². The van der Waals surface area contributed by atoms with E-state index in [9.17, 15) is 4.79 Å². The summed E-state index contributed by atoms with van der Waals surface area (Å²) in [6, 6.07) is -1.56. The summed E-state index contributed by atoms with van der Waals surface area (Å²) < 4.78 is 0. The molecule has 142 valence electrons. The number of hydrogen-bond acceptors (Lipinski definition) is 2. The minimum atomic E-state index is -2.37. The SMILES string of the molecule is O=C=NCCCCCCCCCCCCCCCCC[Si](Cl)(Cl)Cl. The molecule has 2 nitrogen and oxygen atoms in total. The Morgan fingerprint density at radius 1 is 0.583 bits per heavy atom. The standard InChI is InChI=1S/C18H34Cl3NOSi/c19-24(20,21)17-15-13-11-9-7-5-3-1-2-4-6-8-10-12-14-16-22-18-23/h1-17H2. The second-order valence-electron chi connectivity index (χ2n) is 6.64. The van der Waals surface area contributed by atoms with E-state index in [-0.39, 0.29) is 0 Å². The Balaban J connectivity index is 3.04. The van der Waals surface area contributed by atoms with Gasteiger partial charge >= 0.3 is 6.00 Å². The molecule has 0 saturated heterocycles. The van der Waals surface area contributed by atoms with Gasteiger partial charge in [-0.05, 0) is 12.5 Å². The molecular formula is C18H34Cl3NOSi. The van der Waals surface area contributed by atoms with Crippen LogP contribution in [-0.4, -0.2) is 18.6 Å². The van der Waals surface area contributed by atoms with E-state index in [0.717, 1.165) is 18.9 Å². The van der Waals surface area contributed by atoms with E-state index in [1.807, 2.05) is 0 Å². The van der Waals surface area contributed by atoms with Gasteiger partial charge in [0.05, 0.1) is 6.54 Å². The van der Waals surface area contributed by atoms with Gasteiger partial charge < -0.3 is 0 Å². The van der Waals surface area contributed by atoms with Crippen molar-refractivity contribution in [2.75, 3.05) is 6.54 Å². The average molecular weight is 415 g/mol. The predicted molar refractivity (Wildman–Crippen MR) is 110 cm³/mol. The molecule has 0 atom stereocenters. The van der Waals surface area contributed by atoms with Crippen LogP contribution in [0.2, 0.25) is 6.04 Å². The summed E-state index contributed by atoms with van der Waals surface area (Å²) in [5.41, 5.74) is 0. The summed E-state index contributed by atoms with van der Waals surface area (Å²) >= 11 is 17.6. The lowest BCUT2D eigenvalue weighted by Crippen LogP contribution is -2.07. The lowest BCUT2D eigenvalue weighted by Gasteiger charge is -2.07. The van der Waals surface area contributed by atoms with E-state index in [4.69, 9.17) is 33.2 Å². The molecule has 0 heterocycles. The number of isocyanates is 1. The molecule has 0 saturated carbocycles. The Morgan fingerprint density at radius 2 is 0.917 bits per heavy atom. The molecule has 0 bridgehead atoms. The maximum Gasteiger partial charge on any atom is 0.341 e. The van der Waals surface area contributed by atoms with Crippen molar-refractivity contribution in [3.63, 3.8) is 0 Å². The summed E-state index contributed by atoms with van der Waals surface area (Å²) in [7, 11) is 0. The third kappa shape index (κ3) is 22.5. The number of carbonyl (C=O) groups excluding carboxylic acids is 1. The van der Waals surface area contributed by atoms with E-state index in [1.54, 1.807) is 6.08 Å². The van der Waals surface area contributed by atoms with Crippen LogP contribution >= 0.6 is 33.2 Å². The summed E-state index contributed by atoms with van der Waals surface area (Å²) in [6.45, 7) is 0.651. The first-order chi connectivity index (χ1) is 11.6. The molecule has 0 unspecified atom stereocenters. The highest BCUT2D eigenvalue weighted by Crippen LogP contribution is 2.27. The summed E-state index contributed by atoms with van der Waals surface area (Å²) in [6.07, 6.45) is 20.9. The van der Waals surface area contributed by atoms with E-state index < -0.39 is 6.00 Å². The fourth-order valence-electron chi connectivity index (χ4n) is 2.86. The third-order valence-electron chi connectivity index (χ3n) is 4.29. The Hall–Kier alpha value is 0.467. The van der Waals surface area contributed by atoms with E-state index in [2.05, 4.69) is 4.99 Å². The van der Waals surface area contributed by atoms with E-state index in [0.29, 0.717) is 6.54 Å². The first-order valence-corrected chi connectivity index (χ1v) is 14.9.